The molecule has 1 atom stereocenters. The Morgan fingerprint density at radius 1 is 1.07 bits per heavy atom. The average Bonchev–Trinajstić information content (AvgIpc) is 2.64. The highest BCUT2D eigenvalue weighted by molar-refractivity contribution is 7.89. The maximum atomic E-state index is 12.6. The molecule has 0 spiro atoms. The van der Waals surface area contributed by atoms with E-state index in [1.165, 1.54) is 24.3 Å². The van der Waals surface area contributed by atoms with E-state index < -0.39 is 28.0 Å². The summed E-state index contributed by atoms with van der Waals surface area (Å²) in [5.74, 6) is -1.61. The van der Waals surface area contributed by atoms with Crippen LogP contribution in [0.25, 0.3) is 0 Å². The van der Waals surface area contributed by atoms with Crippen LogP contribution in [0.15, 0.2) is 52.5 Å². The molecule has 0 aliphatic heterocycles. The van der Waals surface area contributed by atoms with Gasteiger partial charge < -0.3 is 10.6 Å². The summed E-state index contributed by atoms with van der Waals surface area (Å²) < 4.78 is 27.4. The van der Waals surface area contributed by atoms with Gasteiger partial charge in [-0.05, 0) is 42.3 Å². The minimum atomic E-state index is -4.00. The topological polar surface area (TPSA) is 111 Å². The normalized spacial score (nSPS) is 13.4. The molecule has 1 unspecified atom stereocenters. The van der Waals surface area contributed by atoms with Crippen molar-refractivity contribution >= 4 is 56.6 Å². The standard InChI is InChI=1S/C18H18Cl3N3O4S/c1-10(2)16(24-29(26,27)12-8-6-11(19)7-9-12)18(25)28-23-17(22)15-13(20)4-3-5-14(15)21/h3-10,16,24H,1-2H3,(H2,22,23). The highest BCUT2D eigenvalue weighted by atomic mass is 35.5. The summed E-state index contributed by atoms with van der Waals surface area (Å²) in [5, 5.41) is 4.38. The third-order valence-electron chi connectivity index (χ3n) is 3.78. The minimum Gasteiger partial charge on any atom is -0.380 e. The van der Waals surface area contributed by atoms with Crippen LogP contribution >= 0.6 is 34.8 Å². The van der Waals surface area contributed by atoms with Crippen LogP contribution in [0, 0.1) is 5.92 Å². The van der Waals surface area contributed by atoms with Crippen LogP contribution in [0.5, 0.6) is 0 Å². The molecule has 11 heteroatoms. The van der Waals surface area contributed by atoms with Gasteiger partial charge in [-0.15, -0.1) is 0 Å². The number of amidine groups is 1. The van der Waals surface area contributed by atoms with Crippen molar-refractivity contribution in [2.75, 3.05) is 0 Å². The number of carbonyl (C=O) groups excluding carboxylic acids is 1. The Bertz CT molecular complexity index is 1000. The van der Waals surface area contributed by atoms with Gasteiger partial charge in [0.15, 0.2) is 5.84 Å². The molecule has 2 rings (SSSR count). The fourth-order valence-electron chi connectivity index (χ4n) is 2.24. The second-order valence-corrected chi connectivity index (χ2v) is 9.25. The first-order valence-corrected chi connectivity index (χ1v) is 10.9. The van der Waals surface area contributed by atoms with Gasteiger partial charge >= 0.3 is 5.97 Å². The molecule has 0 aromatic heterocycles. The molecule has 0 radical (unpaired) electrons. The Morgan fingerprint density at radius 3 is 2.14 bits per heavy atom. The summed E-state index contributed by atoms with van der Waals surface area (Å²) in [6.45, 7) is 3.29. The maximum absolute atomic E-state index is 12.6. The number of oxime groups is 1. The van der Waals surface area contributed by atoms with Crippen molar-refractivity contribution < 1.29 is 18.0 Å². The van der Waals surface area contributed by atoms with Crippen molar-refractivity contribution in [1.29, 1.82) is 0 Å². The summed E-state index contributed by atoms with van der Waals surface area (Å²) >= 11 is 17.8. The lowest BCUT2D eigenvalue weighted by Crippen LogP contribution is -2.44. The number of sulfonamides is 1. The Morgan fingerprint density at radius 2 is 1.62 bits per heavy atom. The van der Waals surface area contributed by atoms with Crippen LogP contribution in [-0.4, -0.2) is 26.3 Å². The number of halogens is 3. The van der Waals surface area contributed by atoms with Crippen molar-refractivity contribution in [2.45, 2.75) is 24.8 Å². The average molecular weight is 479 g/mol. The molecule has 3 N–H and O–H groups in total. The molecule has 2 aromatic carbocycles. The van der Waals surface area contributed by atoms with Gasteiger partial charge in [0.25, 0.3) is 0 Å². The first-order chi connectivity index (χ1) is 13.5. The molecule has 0 aliphatic carbocycles. The zero-order valence-corrected chi connectivity index (χ0v) is 18.5. The van der Waals surface area contributed by atoms with Crippen molar-refractivity contribution in [1.82, 2.24) is 4.72 Å². The van der Waals surface area contributed by atoms with E-state index in [1.807, 2.05) is 0 Å². The van der Waals surface area contributed by atoms with E-state index in [2.05, 4.69) is 9.88 Å². The highest BCUT2D eigenvalue weighted by Crippen LogP contribution is 2.24. The number of hydrogen-bond acceptors (Lipinski definition) is 5. The molecule has 0 fully saturated rings. The van der Waals surface area contributed by atoms with E-state index >= 15 is 0 Å². The molecular formula is C18H18Cl3N3O4S. The smallest absolute Gasteiger partial charge is 0.353 e. The molecule has 0 saturated carbocycles. The number of carbonyl (C=O) groups is 1. The largest absolute Gasteiger partial charge is 0.380 e. The molecule has 0 amide bonds. The lowest BCUT2D eigenvalue weighted by Gasteiger charge is -2.19. The Balaban J connectivity index is 2.20. The Kier molecular flexibility index (Phi) is 7.90. The molecule has 2 aromatic rings. The van der Waals surface area contributed by atoms with Crippen LogP contribution in [-0.2, 0) is 19.7 Å². The van der Waals surface area contributed by atoms with E-state index in [0.29, 0.717) is 5.02 Å². The lowest BCUT2D eigenvalue weighted by molar-refractivity contribution is -0.146. The maximum Gasteiger partial charge on any atom is 0.353 e. The van der Waals surface area contributed by atoms with E-state index in [0.717, 1.165) is 0 Å². The third-order valence-corrected chi connectivity index (χ3v) is 6.12. The SMILES string of the molecule is CC(C)C(NS(=O)(=O)c1ccc(Cl)cc1)C(=O)ON=C(N)c1c(Cl)cccc1Cl. The summed E-state index contributed by atoms with van der Waals surface area (Å²) in [6, 6.07) is 9.00. The molecule has 156 valence electrons. The zero-order chi connectivity index (χ0) is 21.8. The summed E-state index contributed by atoms with van der Waals surface area (Å²) in [5.41, 5.74) is 6.01. The van der Waals surface area contributed by atoms with Gasteiger partial charge in [-0.1, -0.05) is 59.9 Å². The Hall–Kier alpha value is -1.84. The monoisotopic (exact) mass is 477 g/mol. The number of rotatable bonds is 7. The number of benzene rings is 2. The molecule has 0 bridgehead atoms. The van der Waals surface area contributed by atoms with E-state index in [-0.39, 0.29) is 26.3 Å². The van der Waals surface area contributed by atoms with Gasteiger partial charge in [0, 0.05) is 5.02 Å². The van der Waals surface area contributed by atoms with Crippen LogP contribution in [0.1, 0.15) is 19.4 Å². The number of nitrogens with zero attached hydrogens (tertiary/aromatic N) is 1. The third kappa shape index (κ3) is 6.07. The van der Waals surface area contributed by atoms with Crippen molar-refractivity contribution in [2.24, 2.45) is 16.8 Å². The van der Waals surface area contributed by atoms with Crippen LogP contribution < -0.4 is 10.5 Å². The quantitative estimate of drug-likeness (QED) is 0.272. The lowest BCUT2D eigenvalue weighted by atomic mass is 10.1. The van der Waals surface area contributed by atoms with Gasteiger partial charge in [-0.25, -0.2) is 13.2 Å². The molecule has 0 aliphatic rings. The first-order valence-electron chi connectivity index (χ1n) is 8.29. The van der Waals surface area contributed by atoms with Crippen molar-refractivity contribution in [3.8, 4) is 0 Å². The Labute approximate surface area is 183 Å². The fourth-order valence-corrected chi connectivity index (χ4v) is 4.29. The second-order valence-electron chi connectivity index (χ2n) is 6.28. The molecule has 0 heterocycles. The zero-order valence-electron chi connectivity index (χ0n) is 15.4. The fraction of sp³-hybridized carbons (Fsp3) is 0.222. The number of hydrogen-bond donors (Lipinski definition) is 2. The predicted molar refractivity (Wildman–Crippen MR) is 114 cm³/mol. The second kappa shape index (κ2) is 9.77. The van der Waals surface area contributed by atoms with Crippen molar-refractivity contribution in [3.63, 3.8) is 0 Å². The van der Waals surface area contributed by atoms with E-state index in [9.17, 15) is 13.2 Å². The van der Waals surface area contributed by atoms with Gasteiger partial charge in [-0.3, -0.25) is 0 Å². The van der Waals surface area contributed by atoms with Crippen LogP contribution in [0.2, 0.25) is 15.1 Å². The van der Waals surface area contributed by atoms with Gasteiger partial charge in [-0.2, -0.15) is 4.72 Å². The van der Waals surface area contributed by atoms with Gasteiger partial charge in [0.1, 0.15) is 6.04 Å². The minimum absolute atomic E-state index is 0.0498. The van der Waals surface area contributed by atoms with Gasteiger partial charge in [0.2, 0.25) is 10.0 Å². The summed E-state index contributed by atoms with van der Waals surface area (Å²) in [6.07, 6.45) is 0. The van der Waals surface area contributed by atoms with E-state index in [4.69, 9.17) is 45.4 Å². The summed E-state index contributed by atoms with van der Waals surface area (Å²) in [4.78, 5) is 17.3. The highest BCUT2D eigenvalue weighted by Gasteiger charge is 2.30. The number of nitrogens with one attached hydrogen (secondary N) is 1. The van der Waals surface area contributed by atoms with Crippen LogP contribution in [0.3, 0.4) is 0 Å². The molecule has 7 nitrogen and oxygen atoms in total. The molecular weight excluding hydrogens is 461 g/mol. The molecule has 0 saturated heterocycles. The predicted octanol–water partition coefficient (Wildman–Crippen LogP) is 3.81. The van der Waals surface area contributed by atoms with Gasteiger partial charge in [0.05, 0.1) is 20.5 Å². The first kappa shape index (κ1) is 23.4. The van der Waals surface area contributed by atoms with Crippen LogP contribution in [0.4, 0.5) is 0 Å². The molecule has 29 heavy (non-hydrogen) atoms. The van der Waals surface area contributed by atoms with Crippen molar-refractivity contribution in [3.05, 3.63) is 63.1 Å². The van der Waals surface area contributed by atoms with E-state index in [1.54, 1.807) is 32.0 Å². The summed E-state index contributed by atoms with van der Waals surface area (Å²) in [7, 11) is -4.00. The number of nitrogens with two attached hydrogens (primary N) is 1.